The molecule has 0 aliphatic heterocycles. The second-order valence-electron chi connectivity index (χ2n) is 2.73. The highest BCUT2D eigenvalue weighted by molar-refractivity contribution is 5.99. The van der Waals surface area contributed by atoms with Gasteiger partial charge in [-0.05, 0) is 13.8 Å². The molecule has 3 N–H and O–H groups in total. The molecule has 0 atom stereocenters. The molecule has 1 aromatic heterocycles. The van der Waals surface area contributed by atoms with Crippen molar-refractivity contribution in [2.75, 3.05) is 6.54 Å². The summed E-state index contributed by atoms with van der Waals surface area (Å²) >= 11 is 0. The van der Waals surface area contributed by atoms with Gasteiger partial charge in [0.2, 0.25) is 0 Å². The zero-order chi connectivity index (χ0) is 9.84. The van der Waals surface area contributed by atoms with Gasteiger partial charge in [-0.3, -0.25) is 9.67 Å². The number of amidine groups is 1. The van der Waals surface area contributed by atoms with Gasteiger partial charge in [0.05, 0.1) is 11.8 Å². The molecule has 1 aromatic rings. The number of nitrogens with zero attached hydrogens (tertiary/aromatic N) is 3. The van der Waals surface area contributed by atoms with E-state index < -0.39 is 0 Å². The molecule has 0 unspecified atom stereocenters. The zero-order valence-corrected chi connectivity index (χ0v) is 8.20. The van der Waals surface area contributed by atoms with Crippen molar-refractivity contribution in [3.63, 3.8) is 0 Å². The Balaban J connectivity index is 3.05. The maximum Gasteiger partial charge on any atom is 0.145 e. The molecule has 0 aliphatic rings. The Morgan fingerprint density at radius 1 is 1.77 bits per heavy atom. The third-order valence-electron chi connectivity index (χ3n) is 1.94. The van der Waals surface area contributed by atoms with Gasteiger partial charge >= 0.3 is 0 Å². The predicted octanol–water partition coefficient (Wildman–Crippen LogP) is -0.0417. The van der Waals surface area contributed by atoms with Crippen LogP contribution < -0.4 is 11.3 Å². The number of nitrogens with one attached hydrogen (secondary N) is 1. The van der Waals surface area contributed by atoms with E-state index in [1.165, 1.54) is 0 Å². The fourth-order valence-electron chi connectivity index (χ4n) is 1.10. The predicted molar refractivity (Wildman–Crippen MR) is 52.3 cm³/mol. The lowest BCUT2D eigenvalue weighted by atomic mass is 10.2. The van der Waals surface area contributed by atoms with Gasteiger partial charge in [0.1, 0.15) is 5.84 Å². The van der Waals surface area contributed by atoms with Crippen molar-refractivity contribution in [1.82, 2.24) is 15.2 Å². The lowest BCUT2D eigenvalue weighted by molar-refractivity contribution is 0.739. The van der Waals surface area contributed by atoms with Crippen LogP contribution in [0, 0.1) is 6.92 Å². The van der Waals surface area contributed by atoms with Crippen molar-refractivity contribution in [2.45, 2.75) is 13.8 Å². The Morgan fingerprint density at radius 3 is 2.85 bits per heavy atom. The van der Waals surface area contributed by atoms with E-state index in [0.717, 1.165) is 11.3 Å². The lowest BCUT2D eigenvalue weighted by Crippen LogP contribution is -2.31. The zero-order valence-electron chi connectivity index (χ0n) is 8.20. The van der Waals surface area contributed by atoms with Crippen LogP contribution in [0.5, 0.6) is 0 Å². The van der Waals surface area contributed by atoms with Crippen LogP contribution in [0.2, 0.25) is 0 Å². The van der Waals surface area contributed by atoms with Crippen LogP contribution in [0.4, 0.5) is 0 Å². The molecule has 1 heterocycles. The topological polar surface area (TPSA) is 68.2 Å². The molecule has 5 heteroatoms. The highest BCUT2D eigenvalue weighted by atomic mass is 15.3. The lowest BCUT2D eigenvalue weighted by Gasteiger charge is -2.03. The van der Waals surface area contributed by atoms with E-state index in [2.05, 4.69) is 15.5 Å². The van der Waals surface area contributed by atoms with Crippen molar-refractivity contribution in [3.8, 4) is 0 Å². The molecular formula is C8H15N5. The molecule has 0 amide bonds. The van der Waals surface area contributed by atoms with E-state index in [4.69, 9.17) is 5.84 Å². The number of hydrogen-bond donors (Lipinski definition) is 2. The molecule has 0 radical (unpaired) electrons. The SMILES string of the molecule is CCN=C(NN)c1cnn(C)c1C. The largest absolute Gasteiger partial charge is 0.308 e. The number of aromatic nitrogens is 2. The normalized spacial score (nSPS) is 11.8. The van der Waals surface area contributed by atoms with Crippen molar-refractivity contribution in [1.29, 1.82) is 0 Å². The molecular weight excluding hydrogens is 166 g/mol. The van der Waals surface area contributed by atoms with Gasteiger partial charge in [0.15, 0.2) is 0 Å². The van der Waals surface area contributed by atoms with Crippen LogP contribution in [0.3, 0.4) is 0 Å². The summed E-state index contributed by atoms with van der Waals surface area (Å²) in [7, 11) is 1.89. The second-order valence-corrected chi connectivity index (χ2v) is 2.73. The fourth-order valence-corrected chi connectivity index (χ4v) is 1.10. The van der Waals surface area contributed by atoms with E-state index >= 15 is 0 Å². The third-order valence-corrected chi connectivity index (χ3v) is 1.94. The number of aryl methyl sites for hydroxylation is 1. The third kappa shape index (κ3) is 1.86. The summed E-state index contributed by atoms with van der Waals surface area (Å²) in [5.74, 6) is 6.04. The molecule has 13 heavy (non-hydrogen) atoms. The summed E-state index contributed by atoms with van der Waals surface area (Å²) in [4.78, 5) is 4.21. The minimum absolute atomic E-state index is 0.688. The summed E-state index contributed by atoms with van der Waals surface area (Å²) in [5, 5.41) is 4.11. The summed E-state index contributed by atoms with van der Waals surface area (Å²) < 4.78 is 1.79. The Bertz CT molecular complexity index is 312. The minimum atomic E-state index is 0.688. The number of aliphatic imine (C=N–C) groups is 1. The molecule has 72 valence electrons. The fraction of sp³-hybridized carbons (Fsp3) is 0.500. The molecule has 0 spiro atoms. The molecule has 0 fully saturated rings. The summed E-state index contributed by atoms with van der Waals surface area (Å²) in [6, 6.07) is 0. The molecule has 0 aromatic carbocycles. The van der Waals surface area contributed by atoms with Gasteiger partial charge in [-0.15, -0.1) is 0 Å². The highest BCUT2D eigenvalue weighted by Gasteiger charge is 2.08. The van der Waals surface area contributed by atoms with Crippen molar-refractivity contribution < 1.29 is 0 Å². The summed E-state index contributed by atoms with van der Waals surface area (Å²) in [5.41, 5.74) is 4.57. The van der Waals surface area contributed by atoms with Crippen LogP contribution in [-0.2, 0) is 7.05 Å². The number of hydrogen-bond acceptors (Lipinski definition) is 3. The first kappa shape index (κ1) is 9.73. The molecule has 1 rings (SSSR count). The van der Waals surface area contributed by atoms with E-state index in [1.54, 1.807) is 10.9 Å². The number of nitrogens with two attached hydrogens (primary N) is 1. The van der Waals surface area contributed by atoms with Crippen LogP contribution in [0.15, 0.2) is 11.2 Å². The molecule has 0 saturated heterocycles. The quantitative estimate of drug-likeness (QED) is 0.291. The van der Waals surface area contributed by atoms with Crippen LogP contribution >= 0.6 is 0 Å². The highest BCUT2D eigenvalue weighted by Crippen LogP contribution is 2.05. The van der Waals surface area contributed by atoms with Gasteiger partial charge in [0.25, 0.3) is 0 Å². The Morgan fingerprint density at radius 2 is 2.46 bits per heavy atom. The standard InChI is InChI=1S/C8H15N5/c1-4-10-8(12-9)7-5-11-13(3)6(7)2/h5H,4,9H2,1-3H3,(H,10,12). The minimum Gasteiger partial charge on any atom is -0.308 e. The van der Waals surface area contributed by atoms with Crippen LogP contribution in [-0.4, -0.2) is 22.2 Å². The van der Waals surface area contributed by atoms with E-state index in [-0.39, 0.29) is 0 Å². The summed E-state index contributed by atoms with van der Waals surface area (Å²) in [6.45, 7) is 4.64. The Hall–Kier alpha value is -1.36. The molecule has 5 nitrogen and oxygen atoms in total. The summed E-state index contributed by atoms with van der Waals surface area (Å²) in [6.07, 6.45) is 1.75. The monoisotopic (exact) mass is 181 g/mol. The van der Waals surface area contributed by atoms with Crippen molar-refractivity contribution >= 4 is 5.84 Å². The van der Waals surface area contributed by atoms with Gasteiger partial charge < -0.3 is 5.43 Å². The maximum atomic E-state index is 5.35. The smallest absolute Gasteiger partial charge is 0.145 e. The molecule has 0 aliphatic carbocycles. The van der Waals surface area contributed by atoms with Gasteiger partial charge in [-0.25, -0.2) is 5.84 Å². The Labute approximate surface area is 77.6 Å². The van der Waals surface area contributed by atoms with Crippen molar-refractivity contribution in [2.24, 2.45) is 17.9 Å². The van der Waals surface area contributed by atoms with Gasteiger partial charge in [-0.1, -0.05) is 0 Å². The average molecular weight is 181 g/mol. The van der Waals surface area contributed by atoms with E-state index in [9.17, 15) is 0 Å². The Kier molecular flexibility index (Phi) is 3.02. The van der Waals surface area contributed by atoms with E-state index in [1.807, 2.05) is 20.9 Å². The van der Waals surface area contributed by atoms with Gasteiger partial charge in [0, 0.05) is 19.3 Å². The average Bonchev–Trinajstić information content (AvgIpc) is 2.45. The van der Waals surface area contributed by atoms with Crippen LogP contribution in [0.1, 0.15) is 18.2 Å². The molecule has 0 bridgehead atoms. The van der Waals surface area contributed by atoms with Crippen molar-refractivity contribution in [3.05, 3.63) is 17.5 Å². The molecule has 0 saturated carbocycles. The maximum absolute atomic E-state index is 5.35. The first-order valence-corrected chi connectivity index (χ1v) is 4.20. The first-order chi connectivity index (χ1) is 6.20. The van der Waals surface area contributed by atoms with Crippen LogP contribution in [0.25, 0.3) is 0 Å². The van der Waals surface area contributed by atoms with E-state index in [0.29, 0.717) is 12.4 Å². The number of rotatable bonds is 2. The van der Waals surface area contributed by atoms with Gasteiger partial charge in [-0.2, -0.15) is 5.10 Å². The first-order valence-electron chi connectivity index (χ1n) is 4.20. The second kappa shape index (κ2) is 4.04. The number of hydrazine groups is 1.